The van der Waals surface area contributed by atoms with Gasteiger partial charge in [-0.15, -0.1) is 23.1 Å². The van der Waals surface area contributed by atoms with Crippen molar-refractivity contribution in [2.45, 2.75) is 24.3 Å². The Morgan fingerprint density at radius 3 is 2.74 bits per heavy atom. The maximum Gasteiger partial charge on any atom is 0.140 e. The number of rotatable bonds is 6. The molecule has 0 fully saturated rings. The number of aromatic nitrogens is 2. The summed E-state index contributed by atoms with van der Waals surface area (Å²) in [5.74, 6) is 1.66. The van der Waals surface area contributed by atoms with Gasteiger partial charge < -0.3 is 4.74 Å². The van der Waals surface area contributed by atoms with Crippen LogP contribution in [0.5, 0.6) is 5.75 Å². The molecule has 0 saturated heterocycles. The monoisotopic (exact) mass is 362 g/mol. The zero-order chi connectivity index (χ0) is 16.1. The first kappa shape index (κ1) is 16.3. The lowest BCUT2D eigenvalue weighted by molar-refractivity contribution is 0.305. The average molecular weight is 363 g/mol. The highest BCUT2D eigenvalue weighted by Crippen LogP contribution is 2.23. The molecule has 0 aliphatic carbocycles. The maximum atomic E-state index is 5.83. The van der Waals surface area contributed by atoms with Gasteiger partial charge >= 0.3 is 0 Å². The molecule has 3 rings (SSSR count). The Hall–Kier alpha value is -1.56. The molecular formula is C17H15ClN2OS2. The first-order valence-corrected chi connectivity index (χ1v) is 9.30. The van der Waals surface area contributed by atoms with Gasteiger partial charge in [0.25, 0.3) is 0 Å². The van der Waals surface area contributed by atoms with Crippen LogP contribution in [0.15, 0.2) is 53.0 Å². The third-order valence-corrected chi connectivity index (χ3v) is 5.12. The Morgan fingerprint density at radius 1 is 1.17 bits per heavy atom. The Balaban J connectivity index is 1.51. The van der Waals surface area contributed by atoms with Crippen LogP contribution in [0.2, 0.25) is 5.02 Å². The molecule has 3 aromatic rings. The predicted octanol–water partition coefficient (Wildman–Crippen LogP) is 5.37. The van der Waals surface area contributed by atoms with Gasteiger partial charge in [0.05, 0.1) is 15.7 Å². The van der Waals surface area contributed by atoms with E-state index in [-0.39, 0.29) is 0 Å². The Labute approximate surface area is 148 Å². The summed E-state index contributed by atoms with van der Waals surface area (Å²) >= 11 is 9.09. The van der Waals surface area contributed by atoms with Crippen LogP contribution in [0.3, 0.4) is 0 Å². The molecule has 0 saturated carbocycles. The van der Waals surface area contributed by atoms with Gasteiger partial charge in [-0.2, -0.15) is 0 Å². The SMILES string of the molecule is Cc1ccc(OCc2nc(CSc3ccc(Cl)cn3)cs2)cc1. The molecular weight excluding hydrogens is 348 g/mol. The van der Waals surface area contributed by atoms with E-state index in [9.17, 15) is 0 Å². The van der Waals surface area contributed by atoms with Gasteiger partial charge in [-0.05, 0) is 31.2 Å². The zero-order valence-corrected chi connectivity index (χ0v) is 14.9. The highest BCUT2D eigenvalue weighted by atomic mass is 35.5. The second-order valence-electron chi connectivity index (χ2n) is 4.94. The molecule has 23 heavy (non-hydrogen) atoms. The maximum absolute atomic E-state index is 5.83. The molecule has 0 radical (unpaired) electrons. The van der Waals surface area contributed by atoms with Crippen molar-refractivity contribution in [2.75, 3.05) is 0 Å². The molecule has 0 aliphatic heterocycles. The minimum atomic E-state index is 0.498. The summed E-state index contributed by atoms with van der Waals surface area (Å²) < 4.78 is 5.75. The van der Waals surface area contributed by atoms with Gasteiger partial charge in [0.15, 0.2) is 0 Å². The first-order chi connectivity index (χ1) is 11.2. The van der Waals surface area contributed by atoms with Gasteiger partial charge in [0, 0.05) is 17.3 Å². The Morgan fingerprint density at radius 2 is 2.00 bits per heavy atom. The van der Waals surface area contributed by atoms with Crippen LogP contribution in [-0.4, -0.2) is 9.97 Å². The molecule has 118 valence electrons. The lowest BCUT2D eigenvalue weighted by Gasteiger charge is -2.03. The van der Waals surface area contributed by atoms with E-state index in [1.807, 2.05) is 36.4 Å². The number of thioether (sulfide) groups is 1. The van der Waals surface area contributed by atoms with E-state index in [1.165, 1.54) is 5.56 Å². The van der Waals surface area contributed by atoms with Crippen LogP contribution < -0.4 is 4.74 Å². The summed E-state index contributed by atoms with van der Waals surface area (Å²) in [6.45, 7) is 2.56. The van der Waals surface area contributed by atoms with E-state index in [1.54, 1.807) is 29.3 Å². The third kappa shape index (κ3) is 4.96. The molecule has 0 amide bonds. The predicted molar refractivity (Wildman–Crippen MR) is 96.4 cm³/mol. The van der Waals surface area contributed by atoms with Crippen molar-refractivity contribution >= 4 is 34.7 Å². The van der Waals surface area contributed by atoms with Crippen LogP contribution >= 0.6 is 34.7 Å². The molecule has 6 heteroatoms. The fourth-order valence-electron chi connectivity index (χ4n) is 1.86. The molecule has 2 aromatic heterocycles. The quantitative estimate of drug-likeness (QED) is 0.552. The van der Waals surface area contributed by atoms with E-state index in [2.05, 4.69) is 22.3 Å². The summed E-state index contributed by atoms with van der Waals surface area (Å²) in [5.41, 5.74) is 2.26. The van der Waals surface area contributed by atoms with E-state index >= 15 is 0 Å². The van der Waals surface area contributed by atoms with Crippen LogP contribution in [0, 0.1) is 6.92 Å². The van der Waals surface area contributed by atoms with Crippen molar-refractivity contribution in [1.82, 2.24) is 9.97 Å². The number of thiazole rings is 1. The Kier molecular flexibility index (Phi) is 5.54. The van der Waals surface area contributed by atoms with Crippen molar-refractivity contribution in [1.29, 1.82) is 0 Å². The number of aryl methyl sites for hydroxylation is 1. The largest absolute Gasteiger partial charge is 0.486 e. The fourth-order valence-corrected chi connectivity index (χ4v) is 3.51. The second kappa shape index (κ2) is 7.81. The van der Waals surface area contributed by atoms with Crippen LogP contribution in [0.1, 0.15) is 16.3 Å². The van der Waals surface area contributed by atoms with Crippen LogP contribution in [0.4, 0.5) is 0 Å². The summed E-state index contributed by atoms with van der Waals surface area (Å²) in [4.78, 5) is 8.86. The number of hydrogen-bond acceptors (Lipinski definition) is 5. The first-order valence-electron chi connectivity index (χ1n) is 7.06. The topological polar surface area (TPSA) is 35.0 Å². The number of halogens is 1. The molecule has 0 aliphatic rings. The second-order valence-corrected chi connectivity index (χ2v) is 7.31. The van der Waals surface area contributed by atoms with E-state index < -0.39 is 0 Å². The molecule has 2 heterocycles. The number of pyridine rings is 1. The van der Waals surface area contributed by atoms with Crippen molar-refractivity contribution in [3.63, 3.8) is 0 Å². The highest BCUT2D eigenvalue weighted by Gasteiger charge is 2.05. The zero-order valence-electron chi connectivity index (χ0n) is 12.5. The molecule has 0 bridgehead atoms. The van der Waals surface area contributed by atoms with Gasteiger partial charge in [-0.25, -0.2) is 9.97 Å². The molecule has 1 aromatic carbocycles. The molecule has 0 N–H and O–H groups in total. The average Bonchev–Trinajstić information content (AvgIpc) is 3.02. The van der Waals surface area contributed by atoms with Crippen molar-refractivity contribution < 1.29 is 4.74 Å². The number of nitrogens with zero attached hydrogens (tertiary/aromatic N) is 2. The van der Waals surface area contributed by atoms with E-state index in [4.69, 9.17) is 16.3 Å². The molecule has 0 unspecified atom stereocenters. The van der Waals surface area contributed by atoms with E-state index in [0.29, 0.717) is 11.6 Å². The summed E-state index contributed by atoms with van der Waals surface area (Å²) in [6.07, 6.45) is 1.66. The summed E-state index contributed by atoms with van der Waals surface area (Å²) in [7, 11) is 0. The fraction of sp³-hybridized carbons (Fsp3) is 0.176. The lowest BCUT2D eigenvalue weighted by atomic mass is 10.2. The minimum Gasteiger partial charge on any atom is -0.486 e. The van der Waals surface area contributed by atoms with Gasteiger partial charge in [0.2, 0.25) is 0 Å². The highest BCUT2D eigenvalue weighted by molar-refractivity contribution is 7.98. The van der Waals surface area contributed by atoms with Gasteiger partial charge in [-0.1, -0.05) is 29.3 Å². The van der Waals surface area contributed by atoms with Crippen LogP contribution in [-0.2, 0) is 12.4 Å². The lowest BCUT2D eigenvalue weighted by Crippen LogP contribution is -1.95. The van der Waals surface area contributed by atoms with Gasteiger partial charge in [-0.3, -0.25) is 0 Å². The normalized spacial score (nSPS) is 10.7. The number of ether oxygens (including phenoxy) is 1. The standard InChI is InChI=1S/C17H15ClN2OS2/c1-12-2-5-15(6-3-12)21-9-17-20-14(11-23-17)10-22-16-7-4-13(18)8-19-16/h2-8,11H,9-10H2,1H3. The Bertz CT molecular complexity index is 693. The van der Waals surface area contributed by atoms with E-state index in [0.717, 1.165) is 27.2 Å². The minimum absolute atomic E-state index is 0.498. The number of benzene rings is 1. The van der Waals surface area contributed by atoms with Crippen molar-refractivity contribution in [2.24, 2.45) is 0 Å². The summed E-state index contributed by atoms with van der Waals surface area (Å²) in [6, 6.07) is 11.8. The molecule has 0 spiro atoms. The molecule has 3 nitrogen and oxygen atoms in total. The van der Waals surface area contributed by atoms with Crippen LogP contribution in [0.25, 0.3) is 0 Å². The number of hydrogen-bond donors (Lipinski definition) is 0. The van der Waals surface area contributed by atoms with Gasteiger partial charge in [0.1, 0.15) is 17.4 Å². The third-order valence-electron chi connectivity index (χ3n) is 3.05. The summed E-state index contributed by atoms with van der Waals surface area (Å²) in [5, 5.41) is 4.64. The van der Waals surface area contributed by atoms with Crippen molar-refractivity contribution in [3.05, 3.63) is 69.3 Å². The smallest absolute Gasteiger partial charge is 0.140 e. The molecule has 0 atom stereocenters. The van der Waals surface area contributed by atoms with Crippen molar-refractivity contribution in [3.8, 4) is 5.75 Å².